The minimum atomic E-state index is 0. The molecule has 0 bridgehead atoms. The van der Waals surface area contributed by atoms with Gasteiger partial charge in [0.1, 0.15) is 0 Å². The third-order valence-corrected chi connectivity index (χ3v) is 3.59. The molecule has 0 radical (unpaired) electrons. The molecular formula is C18H32IN3O2. The molecule has 0 unspecified atom stereocenters. The molecule has 0 aliphatic heterocycles. The van der Waals surface area contributed by atoms with Gasteiger partial charge in [0.2, 0.25) is 0 Å². The average molecular weight is 449 g/mol. The predicted molar refractivity (Wildman–Crippen MR) is 112 cm³/mol. The minimum Gasteiger partial charge on any atom is -0.493 e. The molecule has 0 aliphatic carbocycles. The Morgan fingerprint density at radius 1 is 1.21 bits per heavy atom. The quantitative estimate of drug-likeness (QED) is 0.360. The zero-order chi connectivity index (χ0) is 17.5. The number of hydrogen-bond acceptors (Lipinski definition) is 3. The molecule has 0 heterocycles. The highest BCUT2D eigenvalue weighted by atomic mass is 127. The summed E-state index contributed by atoms with van der Waals surface area (Å²) in [5.41, 5.74) is 7.18. The van der Waals surface area contributed by atoms with Crippen LogP contribution < -0.4 is 20.5 Å². The highest BCUT2D eigenvalue weighted by Gasteiger charge is 2.19. The Balaban J connectivity index is 0.00000529. The third kappa shape index (κ3) is 8.08. The lowest BCUT2D eigenvalue weighted by molar-refractivity contribution is 0.287. The fraction of sp³-hybridized carbons (Fsp3) is 0.611. The molecule has 0 amide bonds. The van der Waals surface area contributed by atoms with E-state index in [1.54, 1.807) is 14.2 Å². The first-order valence-corrected chi connectivity index (χ1v) is 8.02. The molecule has 0 aliphatic rings. The van der Waals surface area contributed by atoms with E-state index >= 15 is 0 Å². The lowest BCUT2D eigenvalue weighted by Gasteiger charge is -2.27. The molecule has 0 saturated heterocycles. The van der Waals surface area contributed by atoms with Crippen LogP contribution in [-0.4, -0.2) is 26.7 Å². The van der Waals surface area contributed by atoms with Gasteiger partial charge < -0.3 is 20.5 Å². The molecule has 1 aromatic rings. The van der Waals surface area contributed by atoms with Gasteiger partial charge in [0.25, 0.3) is 0 Å². The standard InChI is InChI=1S/C18H31N3O2.HI/c1-13(2)10-18(3,4)12-21-17(19)20-11-14-7-8-15(22-5)16(9-14)23-6;/h7-9,13H,10-12H2,1-6H3,(H3,19,20,21);1H. The Hall–Kier alpha value is -1.18. The second-order valence-electron chi connectivity index (χ2n) is 7.01. The lowest BCUT2D eigenvalue weighted by atomic mass is 9.84. The third-order valence-electron chi connectivity index (χ3n) is 3.59. The van der Waals surface area contributed by atoms with E-state index in [-0.39, 0.29) is 29.4 Å². The first-order chi connectivity index (χ1) is 10.8. The largest absolute Gasteiger partial charge is 0.493 e. The summed E-state index contributed by atoms with van der Waals surface area (Å²) >= 11 is 0. The maximum absolute atomic E-state index is 5.97. The monoisotopic (exact) mass is 449 g/mol. The van der Waals surface area contributed by atoms with Crippen LogP contribution in [0.1, 0.15) is 39.7 Å². The van der Waals surface area contributed by atoms with Crippen LogP contribution in [0, 0.1) is 11.3 Å². The van der Waals surface area contributed by atoms with Crippen LogP contribution in [0.15, 0.2) is 23.2 Å². The highest BCUT2D eigenvalue weighted by Crippen LogP contribution is 2.27. The van der Waals surface area contributed by atoms with Crippen molar-refractivity contribution in [3.8, 4) is 11.5 Å². The van der Waals surface area contributed by atoms with Crippen LogP contribution in [0.4, 0.5) is 0 Å². The Morgan fingerprint density at radius 2 is 1.83 bits per heavy atom. The summed E-state index contributed by atoms with van der Waals surface area (Å²) in [6.45, 7) is 10.3. The van der Waals surface area contributed by atoms with Crippen molar-refractivity contribution in [3.05, 3.63) is 23.8 Å². The second-order valence-corrected chi connectivity index (χ2v) is 7.01. The summed E-state index contributed by atoms with van der Waals surface area (Å²) in [5.74, 6) is 2.54. The first-order valence-electron chi connectivity index (χ1n) is 8.02. The van der Waals surface area contributed by atoms with Crippen molar-refractivity contribution in [1.29, 1.82) is 0 Å². The topological polar surface area (TPSA) is 68.9 Å². The molecule has 6 heteroatoms. The molecule has 138 valence electrons. The van der Waals surface area contributed by atoms with E-state index in [9.17, 15) is 0 Å². The summed E-state index contributed by atoms with van der Waals surface area (Å²) in [6, 6.07) is 5.75. The molecule has 1 rings (SSSR count). The SMILES string of the molecule is COc1ccc(CN=C(N)NCC(C)(C)CC(C)C)cc1OC.I. The van der Waals surface area contributed by atoms with Gasteiger partial charge in [-0.25, -0.2) is 4.99 Å². The normalized spacial score (nSPS) is 11.9. The number of ether oxygens (including phenoxy) is 2. The Bertz CT molecular complexity index is 531. The van der Waals surface area contributed by atoms with Gasteiger partial charge in [-0.15, -0.1) is 24.0 Å². The number of halogens is 1. The van der Waals surface area contributed by atoms with Gasteiger partial charge in [0, 0.05) is 6.54 Å². The molecule has 1 aromatic carbocycles. The van der Waals surface area contributed by atoms with Crippen LogP contribution in [0.2, 0.25) is 0 Å². The number of methoxy groups -OCH3 is 2. The molecule has 5 nitrogen and oxygen atoms in total. The van der Waals surface area contributed by atoms with E-state index in [1.807, 2.05) is 18.2 Å². The lowest BCUT2D eigenvalue weighted by Crippen LogP contribution is -2.39. The fourth-order valence-electron chi connectivity index (χ4n) is 2.72. The summed E-state index contributed by atoms with van der Waals surface area (Å²) in [4.78, 5) is 4.39. The minimum absolute atomic E-state index is 0. The molecule has 0 saturated carbocycles. The van der Waals surface area contributed by atoms with Crippen molar-refractivity contribution in [2.75, 3.05) is 20.8 Å². The number of nitrogens with two attached hydrogens (primary N) is 1. The van der Waals surface area contributed by atoms with E-state index in [1.165, 1.54) is 0 Å². The summed E-state index contributed by atoms with van der Waals surface area (Å²) < 4.78 is 10.5. The first kappa shape index (κ1) is 22.8. The zero-order valence-electron chi connectivity index (χ0n) is 15.7. The number of nitrogens with one attached hydrogen (secondary N) is 1. The van der Waals surface area contributed by atoms with E-state index < -0.39 is 0 Å². The van der Waals surface area contributed by atoms with Crippen molar-refractivity contribution >= 4 is 29.9 Å². The van der Waals surface area contributed by atoms with Crippen LogP contribution in [0.5, 0.6) is 11.5 Å². The number of benzene rings is 1. The Labute approximate surface area is 163 Å². The van der Waals surface area contributed by atoms with Gasteiger partial charge in [0.05, 0.1) is 20.8 Å². The van der Waals surface area contributed by atoms with Crippen LogP contribution in [-0.2, 0) is 6.54 Å². The Kier molecular flexibility index (Phi) is 10.1. The van der Waals surface area contributed by atoms with Crippen molar-refractivity contribution < 1.29 is 9.47 Å². The van der Waals surface area contributed by atoms with Crippen molar-refractivity contribution in [2.45, 2.75) is 40.7 Å². The van der Waals surface area contributed by atoms with E-state index in [2.05, 4.69) is 38.0 Å². The summed E-state index contributed by atoms with van der Waals surface area (Å²) in [6.07, 6.45) is 1.14. The van der Waals surface area contributed by atoms with Crippen LogP contribution in [0.25, 0.3) is 0 Å². The predicted octanol–water partition coefficient (Wildman–Crippen LogP) is 3.80. The van der Waals surface area contributed by atoms with Gasteiger partial charge in [-0.1, -0.05) is 33.8 Å². The van der Waals surface area contributed by atoms with Gasteiger partial charge in [-0.05, 0) is 35.4 Å². The molecule has 24 heavy (non-hydrogen) atoms. The van der Waals surface area contributed by atoms with Crippen LogP contribution in [0.3, 0.4) is 0 Å². The maximum atomic E-state index is 5.97. The number of guanidine groups is 1. The number of aliphatic imine (C=N–C) groups is 1. The van der Waals surface area contributed by atoms with E-state index in [4.69, 9.17) is 15.2 Å². The van der Waals surface area contributed by atoms with Crippen LogP contribution >= 0.6 is 24.0 Å². The second kappa shape index (κ2) is 10.6. The summed E-state index contributed by atoms with van der Waals surface area (Å²) in [5, 5.41) is 3.22. The summed E-state index contributed by atoms with van der Waals surface area (Å²) in [7, 11) is 3.24. The molecule has 0 atom stereocenters. The molecular weight excluding hydrogens is 417 g/mol. The van der Waals surface area contributed by atoms with Gasteiger partial charge in [-0.3, -0.25) is 0 Å². The van der Waals surface area contributed by atoms with Crippen molar-refractivity contribution in [1.82, 2.24) is 5.32 Å². The van der Waals surface area contributed by atoms with Crippen molar-refractivity contribution in [2.24, 2.45) is 22.1 Å². The molecule has 0 spiro atoms. The highest BCUT2D eigenvalue weighted by molar-refractivity contribution is 14.0. The van der Waals surface area contributed by atoms with Gasteiger partial charge >= 0.3 is 0 Å². The molecule has 0 fully saturated rings. The Morgan fingerprint density at radius 3 is 2.38 bits per heavy atom. The van der Waals surface area contributed by atoms with Crippen molar-refractivity contribution in [3.63, 3.8) is 0 Å². The van der Waals surface area contributed by atoms with E-state index in [0.717, 1.165) is 18.5 Å². The number of hydrogen-bond donors (Lipinski definition) is 2. The van der Waals surface area contributed by atoms with E-state index in [0.29, 0.717) is 29.9 Å². The number of nitrogens with zero attached hydrogens (tertiary/aromatic N) is 1. The maximum Gasteiger partial charge on any atom is 0.188 e. The molecule has 0 aromatic heterocycles. The molecule has 3 N–H and O–H groups in total. The fourth-order valence-corrected chi connectivity index (χ4v) is 2.72. The smallest absolute Gasteiger partial charge is 0.188 e. The van der Waals surface area contributed by atoms with Gasteiger partial charge in [0.15, 0.2) is 17.5 Å². The number of rotatable bonds is 8. The van der Waals surface area contributed by atoms with Gasteiger partial charge in [-0.2, -0.15) is 0 Å². The average Bonchev–Trinajstić information content (AvgIpc) is 2.49. The zero-order valence-corrected chi connectivity index (χ0v) is 18.0.